The molecule has 1 rings (SSSR count). The van der Waals surface area contributed by atoms with Crippen LogP contribution in [0, 0.1) is 11.3 Å². The van der Waals surface area contributed by atoms with E-state index < -0.39 is 5.54 Å². The lowest BCUT2D eigenvalue weighted by Gasteiger charge is -2.36. The van der Waals surface area contributed by atoms with Crippen molar-refractivity contribution in [3.05, 3.63) is 0 Å². The molecular formula is C13H25N3O. The van der Waals surface area contributed by atoms with Crippen LogP contribution in [-0.4, -0.2) is 42.3 Å². The highest BCUT2D eigenvalue weighted by Gasteiger charge is 2.23. The standard InChI is InChI=1S/C13H25N3O/c1-11-9-17-12(2)8-16(11)7-5-4-6-13(3,15)10-14/h11-12H,4-9,15H2,1-3H3. The second-order valence-corrected chi connectivity index (χ2v) is 5.47. The van der Waals surface area contributed by atoms with Gasteiger partial charge in [0.15, 0.2) is 0 Å². The number of nitrogens with two attached hydrogens (primary N) is 1. The van der Waals surface area contributed by atoms with E-state index in [1.807, 2.05) is 0 Å². The Morgan fingerprint density at radius 3 is 2.82 bits per heavy atom. The Morgan fingerprint density at radius 1 is 1.47 bits per heavy atom. The lowest BCUT2D eigenvalue weighted by molar-refractivity contribution is -0.0496. The monoisotopic (exact) mass is 239 g/mol. The van der Waals surface area contributed by atoms with E-state index in [1.54, 1.807) is 6.92 Å². The van der Waals surface area contributed by atoms with Gasteiger partial charge in [-0.2, -0.15) is 5.26 Å². The predicted octanol–water partition coefficient (Wildman–Crippen LogP) is 1.51. The summed E-state index contributed by atoms with van der Waals surface area (Å²) in [6, 6.07) is 2.65. The van der Waals surface area contributed by atoms with Gasteiger partial charge in [0.05, 0.1) is 18.8 Å². The molecule has 3 unspecified atom stereocenters. The Labute approximate surface area is 105 Å². The van der Waals surface area contributed by atoms with Crippen LogP contribution in [0.1, 0.15) is 40.0 Å². The Bertz CT molecular complexity index is 272. The van der Waals surface area contributed by atoms with Crippen LogP contribution in [0.3, 0.4) is 0 Å². The average Bonchev–Trinajstić information content (AvgIpc) is 2.29. The molecule has 98 valence electrons. The Morgan fingerprint density at radius 2 is 2.18 bits per heavy atom. The van der Waals surface area contributed by atoms with Crippen LogP contribution in [0.4, 0.5) is 0 Å². The van der Waals surface area contributed by atoms with Crippen molar-refractivity contribution in [1.29, 1.82) is 5.26 Å². The van der Waals surface area contributed by atoms with Gasteiger partial charge in [0.2, 0.25) is 0 Å². The molecule has 0 spiro atoms. The summed E-state index contributed by atoms with van der Waals surface area (Å²) in [5, 5.41) is 8.82. The van der Waals surface area contributed by atoms with Gasteiger partial charge in [-0.1, -0.05) is 0 Å². The molecule has 1 aliphatic heterocycles. The van der Waals surface area contributed by atoms with E-state index in [0.29, 0.717) is 12.1 Å². The number of nitrogens with zero attached hydrogens (tertiary/aromatic N) is 2. The summed E-state index contributed by atoms with van der Waals surface area (Å²) < 4.78 is 5.59. The van der Waals surface area contributed by atoms with E-state index in [4.69, 9.17) is 15.7 Å². The van der Waals surface area contributed by atoms with Crippen molar-refractivity contribution < 1.29 is 4.74 Å². The SMILES string of the molecule is CC1CN(CCCCC(C)(N)C#N)C(C)CO1. The van der Waals surface area contributed by atoms with Crippen LogP contribution in [0.5, 0.6) is 0 Å². The van der Waals surface area contributed by atoms with Gasteiger partial charge < -0.3 is 10.5 Å². The topological polar surface area (TPSA) is 62.3 Å². The molecule has 1 aliphatic rings. The average molecular weight is 239 g/mol. The molecule has 0 aliphatic carbocycles. The van der Waals surface area contributed by atoms with Crippen molar-refractivity contribution in [1.82, 2.24) is 4.90 Å². The predicted molar refractivity (Wildman–Crippen MR) is 68.5 cm³/mol. The van der Waals surface area contributed by atoms with Crippen LogP contribution in [0.25, 0.3) is 0 Å². The molecule has 4 heteroatoms. The largest absolute Gasteiger partial charge is 0.376 e. The Balaban J connectivity index is 2.20. The van der Waals surface area contributed by atoms with Crippen molar-refractivity contribution in [3.63, 3.8) is 0 Å². The molecule has 0 amide bonds. The van der Waals surface area contributed by atoms with Gasteiger partial charge in [-0.3, -0.25) is 4.90 Å². The molecule has 0 saturated carbocycles. The smallest absolute Gasteiger partial charge is 0.101 e. The molecule has 0 aromatic heterocycles. The summed E-state index contributed by atoms with van der Waals surface area (Å²) in [6.07, 6.45) is 3.23. The second kappa shape index (κ2) is 6.34. The highest BCUT2D eigenvalue weighted by Crippen LogP contribution is 2.14. The van der Waals surface area contributed by atoms with Crippen molar-refractivity contribution in [2.45, 2.75) is 57.7 Å². The molecule has 4 nitrogen and oxygen atoms in total. The van der Waals surface area contributed by atoms with Gasteiger partial charge in [0.1, 0.15) is 5.54 Å². The zero-order chi connectivity index (χ0) is 12.9. The number of ether oxygens (including phenoxy) is 1. The number of rotatable bonds is 5. The first-order valence-corrected chi connectivity index (χ1v) is 6.50. The van der Waals surface area contributed by atoms with Crippen molar-refractivity contribution in [2.24, 2.45) is 5.73 Å². The van der Waals surface area contributed by atoms with E-state index >= 15 is 0 Å². The van der Waals surface area contributed by atoms with Crippen LogP contribution in [0.15, 0.2) is 0 Å². The molecule has 0 aromatic carbocycles. The van der Waals surface area contributed by atoms with Crippen molar-refractivity contribution in [3.8, 4) is 6.07 Å². The third-order valence-electron chi connectivity index (χ3n) is 3.38. The minimum absolute atomic E-state index is 0.338. The number of nitriles is 1. The molecule has 1 heterocycles. The fourth-order valence-electron chi connectivity index (χ4n) is 2.15. The highest BCUT2D eigenvalue weighted by molar-refractivity contribution is 5.00. The molecule has 0 aromatic rings. The first-order valence-electron chi connectivity index (χ1n) is 6.50. The maximum atomic E-state index is 8.82. The fraction of sp³-hybridized carbons (Fsp3) is 0.923. The third kappa shape index (κ3) is 5.03. The maximum absolute atomic E-state index is 8.82. The number of unbranched alkanes of at least 4 members (excludes halogenated alkanes) is 1. The molecule has 17 heavy (non-hydrogen) atoms. The van der Waals surface area contributed by atoms with E-state index in [2.05, 4.69) is 24.8 Å². The van der Waals surface area contributed by atoms with E-state index in [1.165, 1.54) is 0 Å². The van der Waals surface area contributed by atoms with Crippen molar-refractivity contribution in [2.75, 3.05) is 19.7 Å². The van der Waals surface area contributed by atoms with Gasteiger partial charge in [0.25, 0.3) is 0 Å². The Kier molecular flexibility index (Phi) is 5.38. The minimum Gasteiger partial charge on any atom is -0.376 e. The zero-order valence-electron chi connectivity index (χ0n) is 11.3. The number of hydrogen-bond donors (Lipinski definition) is 1. The molecule has 0 bridgehead atoms. The van der Waals surface area contributed by atoms with Gasteiger partial charge >= 0.3 is 0 Å². The molecule has 1 saturated heterocycles. The van der Waals surface area contributed by atoms with E-state index in [9.17, 15) is 0 Å². The molecule has 2 N–H and O–H groups in total. The van der Waals surface area contributed by atoms with Crippen LogP contribution < -0.4 is 5.73 Å². The highest BCUT2D eigenvalue weighted by atomic mass is 16.5. The van der Waals surface area contributed by atoms with Crippen molar-refractivity contribution >= 4 is 0 Å². The first kappa shape index (κ1) is 14.4. The number of morpholine rings is 1. The third-order valence-corrected chi connectivity index (χ3v) is 3.38. The first-order chi connectivity index (χ1) is 7.94. The normalized spacial score (nSPS) is 29.6. The maximum Gasteiger partial charge on any atom is 0.101 e. The fourth-order valence-corrected chi connectivity index (χ4v) is 2.15. The summed E-state index contributed by atoms with van der Waals surface area (Å²) in [5.74, 6) is 0. The summed E-state index contributed by atoms with van der Waals surface area (Å²) in [5.41, 5.74) is 5.13. The van der Waals surface area contributed by atoms with Gasteiger partial charge in [-0.05, 0) is 46.6 Å². The quantitative estimate of drug-likeness (QED) is 0.739. The molecule has 0 radical (unpaired) electrons. The summed E-state index contributed by atoms with van der Waals surface area (Å²) in [7, 11) is 0. The van der Waals surface area contributed by atoms with Gasteiger partial charge in [-0.15, -0.1) is 0 Å². The molecule has 1 fully saturated rings. The van der Waals surface area contributed by atoms with Crippen LogP contribution >= 0.6 is 0 Å². The van der Waals surface area contributed by atoms with Gasteiger partial charge in [-0.25, -0.2) is 0 Å². The Hall–Kier alpha value is -0.630. The van der Waals surface area contributed by atoms with E-state index in [-0.39, 0.29) is 0 Å². The molecular weight excluding hydrogens is 214 g/mol. The summed E-state index contributed by atoms with van der Waals surface area (Å²) >= 11 is 0. The van der Waals surface area contributed by atoms with Crippen LogP contribution in [-0.2, 0) is 4.74 Å². The lowest BCUT2D eigenvalue weighted by atomic mass is 9.98. The molecule has 3 atom stereocenters. The summed E-state index contributed by atoms with van der Waals surface area (Å²) in [6.45, 7) is 9.04. The second-order valence-electron chi connectivity index (χ2n) is 5.47. The van der Waals surface area contributed by atoms with Gasteiger partial charge in [0, 0.05) is 12.6 Å². The van der Waals surface area contributed by atoms with Crippen LogP contribution in [0.2, 0.25) is 0 Å². The van der Waals surface area contributed by atoms with E-state index in [0.717, 1.165) is 39.0 Å². The zero-order valence-corrected chi connectivity index (χ0v) is 11.3. The minimum atomic E-state index is -0.663. The lowest BCUT2D eigenvalue weighted by Crippen LogP contribution is -2.47. The summed E-state index contributed by atoms with van der Waals surface area (Å²) in [4.78, 5) is 2.47. The number of hydrogen-bond acceptors (Lipinski definition) is 4.